The van der Waals surface area contributed by atoms with Crippen molar-refractivity contribution in [3.63, 3.8) is 0 Å². The summed E-state index contributed by atoms with van der Waals surface area (Å²) in [5.41, 5.74) is -1.01. The van der Waals surface area contributed by atoms with Gasteiger partial charge in [-0.25, -0.2) is 0 Å². The van der Waals surface area contributed by atoms with Crippen molar-refractivity contribution in [1.29, 1.82) is 0 Å². The molecule has 1 spiro atoms. The van der Waals surface area contributed by atoms with Gasteiger partial charge in [-0.2, -0.15) is 0 Å². The standard InChI is InChI=1S/C25H35N3O4/c29-22(26-15-7-1-2-8-15)19-18-13-14-25(32-18)20(19)24(31)28(17-11-5-6-12-17)21(25)23(30)27-16-9-3-4-10-16/h13-21H,1-12H2,(H,26,29)(H,27,30)/t18-,19-,20-,21+,25-/m1/s1. The minimum atomic E-state index is -1.01. The molecule has 0 unspecified atom stereocenters. The first-order valence-electron chi connectivity index (χ1n) is 12.9. The molecule has 6 rings (SSSR count). The number of carbonyl (C=O) groups excluding carboxylic acids is 3. The highest BCUT2D eigenvalue weighted by Crippen LogP contribution is 2.56. The van der Waals surface area contributed by atoms with Crippen molar-refractivity contribution < 1.29 is 19.1 Å². The summed E-state index contributed by atoms with van der Waals surface area (Å²) in [6.45, 7) is 0. The topological polar surface area (TPSA) is 87.7 Å². The van der Waals surface area contributed by atoms with Gasteiger partial charge in [-0.05, 0) is 38.5 Å². The molecular weight excluding hydrogens is 406 g/mol. The van der Waals surface area contributed by atoms with Gasteiger partial charge >= 0.3 is 0 Å². The van der Waals surface area contributed by atoms with E-state index in [1.54, 1.807) is 0 Å². The summed E-state index contributed by atoms with van der Waals surface area (Å²) in [5, 5.41) is 6.44. The number of hydrogen-bond acceptors (Lipinski definition) is 4. The number of nitrogens with one attached hydrogen (secondary N) is 2. The molecule has 6 aliphatic rings. The monoisotopic (exact) mass is 441 g/mol. The summed E-state index contributed by atoms with van der Waals surface area (Å²) in [4.78, 5) is 42.8. The largest absolute Gasteiger partial charge is 0.359 e. The molecule has 7 heteroatoms. The van der Waals surface area contributed by atoms with Crippen LogP contribution in [0, 0.1) is 11.8 Å². The zero-order valence-electron chi connectivity index (χ0n) is 18.8. The van der Waals surface area contributed by atoms with E-state index >= 15 is 0 Å². The molecule has 0 radical (unpaired) electrons. The van der Waals surface area contributed by atoms with Crippen LogP contribution in [0.1, 0.15) is 77.0 Å². The summed E-state index contributed by atoms with van der Waals surface area (Å²) < 4.78 is 6.45. The van der Waals surface area contributed by atoms with Gasteiger partial charge in [0.1, 0.15) is 11.6 Å². The van der Waals surface area contributed by atoms with Crippen LogP contribution in [-0.4, -0.2) is 58.5 Å². The van der Waals surface area contributed by atoms with Gasteiger partial charge in [0.25, 0.3) is 0 Å². The third-order valence-electron chi connectivity index (χ3n) is 8.98. The Morgan fingerprint density at radius 3 is 2.06 bits per heavy atom. The Morgan fingerprint density at radius 2 is 1.44 bits per heavy atom. The highest BCUT2D eigenvalue weighted by molar-refractivity contribution is 6.00. The average molecular weight is 442 g/mol. The van der Waals surface area contributed by atoms with Crippen LogP contribution in [0.25, 0.3) is 0 Å². The molecule has 5 fully saturated rings. The normalized spacial score (nSPS) is 39.4. The third kappa shape index (κ3) is 3.06. The molecule has 3 heterocycles. The van der Waals surface area contributed by atoms with Crippen LogP contribution >= 0.6 is 0 Å². The van der Waals surface area contributed by atoms with Gasteiger partial charge in [0.2, 0.25) is 17.7 Å². The van der Waals surface area contributed by atoms with E-state index in [1.165, 1.54) is 0 Å². The Morgan fingerprint density at radius 1 is 0.875 bits per heavy atom. The lowest BCUT2D eigenvalue weighted by Crippen LogP contribution is -2.57. The molecule has 3 amide bonds. The molecule has 3 aliphatic heterocycles. The molecule has 0 aromatic rings. The van der Waals surface area contributed by atoms with E-state index in [0.29, 0.717) is 0 Å². The van der Waals surface area contributed by atoms with E-state index in [-0.39, 0.29) is 35.8 Å². The SMILES string of the molecule is O=C(NC1CCCC1)[C@@H]1[C@H]2C=C[C@]3(O2)[C@H](C(=O)NC2CCCC2)N(C2CCCC2)C(=O)[C@@H]13. The molecule has 2 N–H and O–H groups in total. The number of amides is 3. The predicted octanol–water partition coefficient (Wildman–Crippen LogP) is 2.20. The molecule has 0 aromatic heterocycles. The molecule has 2 bridgehead atoms. The number of hydrogen-bond donors (Lipinski definition) is 2. The first-order valence-corrected chi connectivity index (χ1v) is 12.9. The van der Waals surface area contributed by atoms with Crippen LogP contribution in [0.4, 0.5) is 0 Å². The zero-order chi connectivity index (χ0) is 21.9. The number of nitrogens with zero attached hydrogens (tertiary/aromatic N) is 1. The summed E-state index contributed by atoms with van der Waals surface area (Å²) in [5.74, 6) is -1.36. The first kappa shape index (κ1) is 20.7. The second kappa shape index (κ2) is 7.86. The second-order valence-corrected chi connectivity index (χ2v) is 10.9. The molecule has 2 saturated heterocycles. The number of fused-ring (bicyclic) bond motifs is 1. The van der Waals surface area contributed by atoms with Crippen molar-refractivity contribution in [1.82, 2.24) is 15.5 Å². The van der Waals surface area contributed by atoms with Gasteiger partial charge < -0.3 is 20.3 Å². The highest BCUT2D eigenvalue weighted by atomic mass is 16.5. The van der Waals surface area contributed by atoms with E-state index in [1.807, 2.05) is 17.1 Å². The number of rotatable bonds is 5. The summed E-state index contributed by atoms with van der Waals surface area (Å²) in [6.07, 6.45) is 16.0. The van der Waals surface area contributed by atoms with Crippen molar-refractivity contribution in [3.8, 4) is 0 Å². The highest BCUT2D eigenvalue weighted by Gasteiger charge is 2.73. The second-order valence-electron chi connectivity index (χ2n) is 10.9. The van der Waals surface area contributed by atoms with Gasteiger partial charge in [0, 0.05) is 18.1 Å². The first-order chi connectivity index (χ1) is 15.6. The van der Waals surface area contributed by atoms with Gasteiger partial charge in [-0.3, -0.25) is 14.4 Å². The number of carbonyl (C=O) groups is 3. The van der Waals surface area contributed by atoms with Crippen molar-refractivity contribution in [2.75, 3.05) is 0 Å². The Hall–Kier alpha value is -1.89. The minimum Gasteiger partial charge on any atom is -0.359 e. The maximum atomic E-state index is 13.9. The summed E-state index contributed by atoms with van der Waals surface area (Å²) >= 11 is 0. The fourth-order valence-electron chi connectivity index (χ4n) is 7.50. The maximum Gasteiger partial charge on any atom is 0.246 e. The van der Waals surface area contributed by atoms with E-state index in [9.17, 15) is 14.4 Å². The van der Waals surface area contributed by atoms with Crippen LogP contribution in [0.5, 0.6) is 0 Å². The zero-order valence-corrected chi connectivity index (χ0v) is 18.8. The Bertz CT molecular complexity index is 825. The van der Waals surface area contributed by atoms with Gasteiger partial charge in [-0.15, -0.1) is 0 Å². The third-order valence-corrected chi connectivity index (χ3v) is 8.98. The van der Waals surface area contributed by atoms with Crippen molar-refractivity contribution in [2.45, 2.75) is 113 Å². The van der Waals surface area contributed by atoms with E-state index in [4.69, 9.17) is 4.74 Å². The molecule has 7 nitrogen and oxygen atoms in total. The van der Waals surface area contributed by atoms with Crippen LogP contribution in [-0.2, 0) is 19.1 Å². The molecule has 3 saturated carbocycles. The number of ether oxygens (including phenoxy) is 1. The minimum absolute atomic E-state index is 0.0538. The lowest BCUT2D eigenvalue weighted by Gasteiger charge is -2.36. The van der Waals surface area contributed by atoms with E-state index in [0.717, 1.165) is 77.0 Å². The predicted molar refractivity (Wildman–Crippen MR) is 117 cm³/mol. The fourth-order valence-corrected chi connectivity index (χ4v) is 7.50. The molecule has 3 aliphatic carbocycles. The number of likely N-dealkylation sites (tertiary alicyclic amines) is 1. The summed E-state index contributed by atoms with van der Waals surface area (Å²) in [7, 11) is 0. The quantitative estimate of drug-likeness (QED) is 0.641. The molecular formula is C25H35N3O4. The molecule has 32 heavy (non-hydrogen) atoms. The summed E-state index contributed by atoms with van der Waals surface area (Å²) in [6, 6.07) is -0.224. The Kier molecular flexibility index (Phi) is 5.08. The van der Waals surface area contributed by atoms with Crippen LogP contribution in [0.3, 0.4) is 0 Å². The van der Waals surface area contributed by atoms with E-state index < -0.39 is 29.6 Å². The Labute approximate surface area is 189 Å². The van der Waals surface area contributed by atoms with Crippen LogP contribution < -0.4 is 10.6 Å². The van der Waals surface area contributed by atoms with Gasteiger partial charge in [0.15, 0.2) is 0 Å². The smallest absolute Gasteiger partial charge is 0.246 e. The maximum absolute atomic E-state index is 13.9. The Balaban J connectivity index is 1.31. The van der Waals surface area contributed by atoms with Crippen molar-refractivity contribution in [2.24, 2.45) is 11.8 Å². The van der Waals surface area contributed by atoms with Crippen molar-refractivity contribution >= 4 is 17.7 Å². The molecule has 0 aromatic carbocycles. The molecule has 174 valence electrons. The lowest BCUT2D eigenvalue weighted by atomic mass is 9.74. The molecule has 5 atom stereocenters. The average Bonchev–Trinajstić information content (AvgIpc) is 3.58. The van der Waals surface area contributed by atoms with Gasteiger partial charge in [-0.1, -0.05) is 50.7 Å². The van der Waals surface area contributed by atoms with Crippen LogP contribution in [0.15, 0.2) is 12.2 Å². The fraction of sp³-hybridized carbons (Fsp3) is 0.800. The lowest BCUT2D eigenvalue weighted by molar-refractivity contribution is -0.144. The van der Waals surface area contributed by atoms with Crippen LogP contribution in [0.2, 0.25) is 0 Å². The van der Waals surface area contributed by atoms with Gasteiger partial charge in [0.05, 0.1) is 17.9 Å². The van der Waals surface area contributed by atoms with E-state index in [2.05, 4.69) is 10.6 Å². The van der Waals surface area contributed by atoms with Crippen molar-refractivity contribution in [3.05, 3.63) is 12.2 Å².